The van der Waals surface area contributed by atoms with Crippen LogP contribution in [0.5, 0.6) is 0 Å². The molecule has 3 heterocycles. The van der Waals surface area contributed by atoms with Gasteiger partial charge in [0.05, 0.1) is 24.4 Å². The average molecular weight is 517 g/mol. The summed E-state index contributed by atoms with van der Waals surface area (Å²) >= 11 is 1.36. The molecule has 3 aliphatic rings. The number of hydroxylamine groups is 1. The van der Waals surface area contributed by atoms with Crippen molar-refractivity contribution in [3.8, 4) is 0 Å². The molecule has 2 saturated heterocycles. The lowest BCUT2D eigenvalue weighted by molar-refractivity contribution is -0.126. The number of fused-ring (bicyclic) bond motifs is 2. The van der Waals surface area contributed by atoms with Gasteiger partial charge in [-0.25, -0.2) is 14.8 Å². The first-order valence-corrected chi connectivity index (χ1v) is 13.4. The van der Waals surface area contributed by atoms with Gasteiger partial charge in [0.25, 0.3) is 5.91 Å². The molecule has 7 nitrogen and oxygen atoms in total. The summed E-state index contributed by atoms with van der Waals surface area (Å²) in [7, 11) is 1.33. The van der Waals surface area contributed by atoms with Crippen LogP contribution in [0.3, 0.4) is 0 Å². The largest absolute Gasteiger partial charge is 0.465 e. The Hall–Kier alpha value is -3.49. The van der Waals surface area contributed by atoms with Crippen LogP contribution in [0.2, 0.25) is 0 Å². The van der Waals surface area contributed by atoms with Crippen LogP contribution in [0.25, 0.3) is 0 Å². The summed E-state index contributed by atoms with van der Waals surface area (Å²) in [6.45, 7) is 3.99. The number of hydrogen-bond donors (Lipinski definition) is 0. The summed E-state index contributed by atoms with van der Waals surface area (Å²) in [5.41, 5.74) is 5.05. The molecule has 2 fully saturated rings. The molecule has 2 amide bonds. The Morgan fingerprint density at radius 3 is 2.46 bits per heavy atom. The third-order valence-electron chi connectivity index (χ3n) is 7.63. The zero-order chi connectivity index (χ0) is 25.8. The lowest BCUT2D eigenvalue weighted by atomic mass is 9.90. The van der Waals surface area contributed by atoms with Crippen LogP contribution in [-0.2, 0) is 32.0 Å². The van der Waals surface area contributed by atoms with Crippen LogP contribution < -0.4 is 9.96 Å². The van der Waals surface area contributed by atoms with Crippen molar-refractivity contribution >= 4 is 39.8 Å². The smallest absolute Gasteiger partial charge is 0.341 e. The van der Waals surface area contributed by atoms with Gasteiger partial charge in [-0.3, -0.25) is 14.4 Å². The van der Waals surface area contributed by atoms with E-state index in [4.69, 9.17) is 9.57 Å². The standard InChI is InChI=1S/C29H28N2O5S/c1-16-12-14-18(15-13-16)24-23-25(36-31(24)20-10-6-4-8-17(20)2)27(33)30(26(23)32)28-22(29(34)35-3)19-9-5-7-11-21(19)37-28/h4,6,8,10,12-15,23-25H,5,7,9,11H2,1-3H3/t23-,24-,25+/m1/s1. The van der Waals surface area contributed by atoms with Gasteiger partial charge >= 0.3 is 5.97 Å². The molecule has 0 unspecified atom stereocenters. The average Bonchev–Trinajstić information content (AvgIpc) is 3.54. The number of rotatable bonds is 4. The van der Waals surface area contributed by atoms with E-state index in [1.165, 1.54) is 23.3 Å². The molecular weight excluding hydrogens is 488 g/mol. The second kappa shape index (κ2) is 9.11. The van der Waals surface area contributed by atoms with E-state index in [0.29, 0.717) is 10.6 Å². The Morgan fingerprint density at radius 2 is 1.73 bits per heavy atom. The minimum atomic E-state index is -0.983. The first-order chi connectivity index (χ1) is 17.9. The number of anilines is 2. The fourth-order valence-electron chi connectivity index (χ4n) is 5.76. The van der Waals surface area contributed by atoms with E-state index in [-0.39, 0.29) is 5.91 Å². The van der Waals surface area contributed by atoms with Crippen molar-refractivity contribution in [2.24, 2.45) is 5.92 Å². The molecule has 8 heteroatoms. The third-order valence-corrected chi connectivity index (χ3v) is 8.91. The molecule has 190 valence electrons. The topological polar surface area (TPSA) is 76.2 Å². The fourth-order valence-corrected chi connectivity index (χ4v) is 7.15. The molecule has 6 rings (SSSR count). The van der Waals surface area contributed by atoms with E-state index in [1.54, 1.807) is 5.06 Å². The molecule has 0 N–H and O–H groups in total. The third kappa shape index (κ3) is 3.69. The summed E-state index contributed by atoms with van der Waals surface area (Å²) in [5.74, 6) is -2.05. The number of hydrogen-bond acceptors (Lipinski definition) is 7. The minimum Gasteiger partial charge on any atom is -0.465 e. The summed E-state index contributed by atoms with van der Waals surface area (Å²) < 4.78 is 5.09. The SMILES string of the molecule is COC(=O)c1c(N2C(=O)[C@H]3[C@H](ON(c4ccccc4C)[C@@H]3c3ccc(C)cc3)C2=O)sc2c1CCCC2. The second-order valence-electron chi connectivity index (χ2n) is 9.91. The maximum Gasteiger partial charge on any atom is 0.341 e. The predicted octanol–water partition coefficient (Wildman–Crippen LogP) is 5.08. The van der Waals surface area contributed by atoms with Gasteiger partial charge in [-0.2, -0.15) is 0 Å². The highest BCUT2D eigenvalue weighted by atomic mass is 32.1. The van der Waals surface area contributed by atoms with Crippen molar-refractivity contribution < 1.29 is 24.0 Å². The van der Waals surface area contributed by atoms with Crippen molar-refractivity contribution in [1.29, 1.82) is 0 Å². The van der Waals surface area contributed by atoms with E-state index in [0.717, 1.165) is 58.5 Å². The first kappa shape index (κ1) is 23.9. The van der Waals surface area contributed by atoms with Crippen molar-refractivity contribution in [2.75, 3.05) is 17.1 Å². The highest BCUT2D eigenvalue weighted by Crippen LogP contribution is 2.50. The number of methoxy groups -OCH3 is 1. The Kier molecular flexibility index (Phi) is 5.88. The molecule has 0 bridgehead atoms. The maximum atomic E-state index is 14.1. The Bertz CT molecular complexity index is 1410. The highest BCUT2D eigenvalue weighted by molar-refractivity contribution is 7.17. The van der Waals surface area contributed by atoms with Crippen LogP contribution in [-0.4, -0.2) is 31.0 Å². The molecule has 1 aliphatic carbocycles. The number of para-hydroxylation sites is 1. The van der Waals surface area contributed by atoms with Gasteiger partial charge in [0.1, 0.15) is 10.9 Å². The number of amides is 2. The van der Waals surface area contributed by atoms with Gasteiger partial charge in [-0.15, -0.1) is 11.3 Å². The predicted molar refractivity (Wildman–Crippen MR) is 141 cm³/mol. The molecule has 3 aromatic rings. The molecule has 0 spiro atoms. The van der Waals surface area contributed by atoms with Gasteiger partial charge in [0, 0.05) is 4.88 Å². The lowest BCUT2D eigenvalue weighted by Gasteiger charge is -2.29. The Morgan fingerprint density at radius 1 is 1.00 bits per heavy atom. The molecule has 0 saturated carbocycles. The Labute approximate surface area is 219 Å². The van der Waals surface area contributed by atoms with E-state index >= 15 is 0 Å². The van der Waals surface area contributed by atoms with E-state index in [1.807, 2.05) is 62.4 Å². The van der Waals surface area contributed by atoms with Crippen molar-refractivity contribution in [2.45, 2.75) is 51.7 Å². The number of esters is 1. The van der Waals surface area contributed by atoms with Crippen molar-refractivity contribution in [3.63, 3.8) is 0 Å². The number of carbonyl (C=O) groups is 3. The maximum absolute atomic E-state index is 14.1. The van der Waals surface area contributed by atoms with E-state index in [9.17, 15) is 14.4 Å². The summed E-state index contributed by atoms with van der Waals surface area (Å²) in [6.07, 6.45) is 2.57. The van der Waals surface area contributed by atoms with Crippen LogP contribution in [0, 0.1) is 19.8 Å². The molecular formula is C29H28N2O5S. The normalized spacial score (nSPS) is 22.8. The van der Waals surface area contributed by atoms with Crippen molar-refractivity contribution in [1.82, 2.24) is 0 Å². The van der Waals surface area contributed by atoms with Gasteiger partial charge in [0.2, 0.25) is 5.91 Å². The second-order valence-corrected chi connectivity index (χ2v) is 11.0. The number of nitrogens with zero attached hydrogens (tertiary/aromatic N) is 2. The molecule has 1 aromatic heterocycles. The first-order valence-electron chi connectivity index (χ1n) is 12.6. The zero-order valence-corrected chi connectivity index (χ0v) is 21.8. The van der Waals surface area contributed by atoms with E-state index in [2.05, 4.69) is 0 Å². The van der Waals surface area contributed by atoms with Crippen molar-refractivity contribution in [3.05, 3.63) is 81.2 Å². The quantitative estimate of drug-likeness (QED) is 0.356. The van der Waals surface area contributed by atoms with Crippen LogP contribution in [0.4, 0.5) is 10.7 Å². The van der Waals surface area contributed by atoms with Gasteiger partial charge in [-0.1, -0.05) is 48.0 Å². The minimum absolute atomic E-state index is 0.347. The number of thiophene rings is 1. The monoisotopic (exact) mass is 516 g/mol. The fraction of sp³-hybridized carbons (Fsp3) is 0.345. The van der Waals surface area contributed by atoms with E-state index < -0.39 is 29.9 Å². The summed E-state index contributed by atoms with van der Waals surface area (Å²) in [5, 5.41) is 2.10. The zero-order valence-electron chi connectivity index (χ0n) is 21.0. The molecule has 0 radical (unpaired) electrons. The number of benzene rings is 2. The Balaban J connectivity index is 1.46. The summed E-state index contributed by atoms with van der Waals surface area (Å²) in [6, 6.07) is 15.3. The molecule has 37 heavy (non-hydrogen) atoms. The molecule has 2 aromatic carbocycles. The number of ether oxygens (including phenoxy) is 1. The van der Waals surface area contributed by atoms with Crippen LogP contribution in [0.1, 0.15) is 56.4 Å². The molecule has 3 atom stereocenters. The number of carbonyl (C=O) groups excluding carboxylic acids is 3. The number of aryl methyl sites for hydroxylation is 3. The highest BCUT2D eigenvalue weighted by Gasteiger charge is 2.61. The van der Waals surface area contributed by atoms with Crippen LogP contribution in [0.15, 0.2) is 48.5 Å². The van der Waals surface area contributed by atoms with Gasteiger partial charge in [-0.05, 0) is 62.3 Å². The molecule has 2 aliphatic heterocycles. The van der Waals surface area contributed by atoms with Crippen LogP contribution >= 0.6 is 11.3 Å². The van der Waals surface area contributed by atoms with Gasteiger partial charge in [0.15, 0.2) is 6.10 Å². The van der Waals surface area contributed by atoms with Gasteiger partial charge < -0.3 is 4.74 Å². The lowest BCUT2D eigenvalue weighted by Crippen LogP contribution is -2.38. The number of imide groups is 1. The summed E-state index contributed by atoms with van der Waals surface area (Å²) in [4.78, 5) is 49.5.